The van der Waals surface area contributed by atoms with Crippen LogP contribution >= 0.6 is 22.9 Å². The first-order valence-corrected chi connectivity index (χ1v) is 6.56. The molecule has 2 aromatic rings. The largest absolute Gasteiger partial charge is 0.495 e. The SMILES string of the molecule is COc1cc(C(=O)C(N)c2cccs2)ccc1Cl. The second-order valence-electron chi connectivity index (χ2n) is 3.71. The molecule has 3 nitrogen and oxygen atoms in total. The van der Waals surface area contributed by atoms with Gasteiger partial charge in [-0.15, -0.1) is 11.3 Å². The number of ketones is 1. The Kier molecular flexibility index (Phi) is 4.01. The van der Waals surface area contributed by atoms with Gasteiger partial charge in [-0.3, -0.25) is 4.79 Å². The van der Waals surface area contributed by atoms with Crippen LogP contribution in [-0.2, 0) is 0 Å². The Labute approximate surface area is 114 Å². The maximum atomic E-state index is 12.2. The minimum absolute atomic E-state index is 0.146. The maximum Gasteiger partial charge on any atom is 0.185 e. The summed E-state index contributed by atoms with van der Waals surface area (Å²) in [6.45, 7) is 0. The molecule has 1 unspecified atom stereocenters. The van der Waals surface area contributed by atoms with Crippen molar-refractivity contribution in [2.24, 2.45) is 5.73 Å². The number of rotatable bonds is 4. The first kappa shape index (κ1) is 13.1. The second kappa shape index (κ2) is 5.52. The number of methoxy groups -OCH3 is 1. The summed E-state index contributed by atoms with van der Waals surface area (Å²) in [4.78, 5) is 13.0. The molecule has 0 aliphatic carbocycles. The Morgan fingerprint density at radius 3 is 2.83 bits per heavy atom. The molecule has 0 radical (unpaired) electrons. The number of benzene rings is 1. The molecule has 0 fully saturated rings. The number of carbonyl (C=O) groups is 1. The summed E-state index contributed by atoms with van der Waals surface area (Å²) in [6, 6.07) is 7.97. The topological polar surface area (TPSA) is 52.3 Å². The van der Waals surface area contributed by atoms with E-state index in [-0.39, 0.29) is 5.78 Å². The van der Waals surface area contributed by atoms with Crippen LogP contribution in [0.4, 0.5) is 0 Å². The van der Waals surface area contributed by atoms with Gasteiger partial charge in [-0.25, -0.2) is 0 Å². The zero-order valence-electron chi connectivity index (χ0n) is 9.72. The molecule has 0 bridgehead atoms. The van der Waals surface area contributed by atoms with Crippen molar-refractivity contribution in [3.63, 3.8) is 0 Å². The number of hydrogen-bond acceptors (Lipinski definition) is 4. The molecule has 5 heteroatoms. The van der Waals surface area contributed by atoms with Gasteiger partial charge in [-0.05, 0) is 29.6 Å². The number of ether oxygens (including phenoxy) is 1. The molecule has 0 saturated carbocycles. The van der Waals surface area contributed by atoms with Gasteiger partial charge in [0.2, 0.25) is 0 Å². The summed E-state index contributed by atoms with van der Waals surface area (Å²) in [5.74, 6) is 0.327. The van der Waals surface area contributed by atoms with E-state index in [2.05, 4.69) is 0 Å². The molecule has 2 N–H and O–H groups in total. The summed E-state index contributed by atoms with van der Waals surface area (Å²) in [5, 5.41) is 2.36. The zero-order valence-corrected chi connectivity index (χ0v) is 11.3. The summed E-state index contributed by atoms with van der Waals surface area (Å²) >= 11 is 7.38. The van der Waals surface area contributed by atoms with Gasteiger partial charge in [0.25, 0.3) is 0 Å². The van der Waals surface area contributed by atoms with Crippen molar-refractivity contribution < 1.29 is 9.53 Å². The fourth-order valence-electron chi connectivity index (χ4n) is 1.59. The van der Waals surface area contributed by atoms with Gasteiger partial charge in [0.15, 0.2) is 5.78 Å². The third kappa shape index (κ3) is 2.56. The van der Waals surface area contributed by atoms with Crippen molar-refractivity contribution in [1.29, 1.82) is 0 Å². The highest BCUT2D eigenvalue weighted by Crippen LogP contribution is 2.27. The first-order valence-electron chi connectivity index (χ1n) is 5.30. The summed E-state index contributed by atoms with van der Waals surface area (Å²) < 4.78 is 5.08. The zero-order chi connectivity index (χ0) is 13.1. The molecule has 2 rings (SSSR count). The minimum atomic E-state index is -0.643. The van der Waals surface area contributed by atoms with Crippen LogP contribution in [0.25, 0.3) is 0 Å². The van der Waals surface area contributed by atoms with Crippen LogP contribution in [0, 0.1) is 0 Å². The van der Waals surface area contributed by atoms with Crippen LogP contribution in [0.2, 0.25) is 5.02 Å². The smallest absolute Gasteiger partial charge is 0.185 e. The standard InChI is InChI=1S/C13H12ClNO2S/c1-17-10-7-8(4-5-9(10)14)13(16)12(15)11-3-2-6-18-11/h2-7,12H,15H2,1H3. The van der Waals surface area contributed by atoms with Gasteiger partial charge < -0.3 is 10.5 Å². The maximum absolute atomic E-state index is 12.2. The van der Waals surface area contributed by atoms with Crippen LogP contribution in [0.15, 0.2) is 35.7 Å². The number of hydrogen-bond donors (Lipinski definition) is 1. The molecule has 1 aromatic carbocycles. The Morgan fingerprint density at radius 1 is 1.44 bits per heavy atom. The molecule has 0 spiro atoms. The second-order valence-corrected chi connectivity index (χ2v) is 5.09. The van der Waals surface area contributed by atoms with Crippen molar-refractivity contribution in [2.45, 2.75) is 6.04 Å². The molecule has 18 heavy (non-hydrogen) atoms. The lowest BCUT2D eigenvalue weighted by Crippen LogP contribution is -2.20. The molecule has 0 aliphatic rings. The highest BCUT2D eigenvalue weighted by Gasteiger charge is 2.19. The molecule has 1 heterocycles. The minimum Gasteiger partial charge on any atom is -0.495 e. The molecule has 1 aromatic heterocycles. The van der Waals surface area contributed by atoms with E-state index in [1.165, 1.54) is 18.4 Å². The van der Waals surface area contributed by atoms with Gasteiger partial charge in [-0.1, -0.05) is 17.7 Å². The summed E-state index contributed by atoms with van der Waals surface area (Å²) in [6.07, 6.45) is 0. The fraction of sp³-hybridized carbons (Fsp3) is 0.154. The molecule has 0 amide bonds. The van der Waals surface area contributed by atoms with E-state index < -0.39 is 6.04 Å². The molecule has 1 atom stereocenters. The lowest BCUT2D eigenvalue weighted by atomic mass is 10.0. The Balaban J connectivity index is 2.29. The molecular formula is C13H12ClNO2S. The van der Waals surface area contributed by atoms with Crippen molar-refractivity contribution in [3.05, 3.63) is 51.2 Å². The van der Waals surface area contributed by atoms with Crippen molar-refractivity contribution in [2.75, 3.05) is 7.11 Å². The monoisotopic (exact) mass is 281 g/mol. The average Bonchev–Trinajstić information content (AvgIpc) is 2.91. The Hall–Kier alpha value is -1.36. The molecule has 0 aliphatic heterocycles. The third-order valence-electron chi connectivity index (χ3n) is 2.57. The first-order chi connectivity index (χ1) is 8.63. The van der Waals surface area contributed by atoms with Gasteiger partial charge in [0, 0.05) is 10.4 Å². The number of Topliss-reactive ketones (excluding diaryl/α,β-unsaturated/α-hetero) is 1. The van der Waals surface area contributed by atoms with Crippen LogP contribution in [0.1, 0.15) is 21.3 Å². The highest BCUT2D eigenvalue weighted by molar-refractivity contribution is 7.10. The Bertz CT molecular complexity index is 554. The Morgan fingerprint density at radius 2 is 2.22 bits per heavy atom. The summed E-state index contributed by atoms with van der Waals surface area (Å²) in [5.41, 5.74) is 6.43. The quantitative estimate of drug-likeness (QED) is 0.875. The molecule has 94 valence electrons. The third-order valence-corrected chi connectivity index (χ3v) is 3.84. The fourth-order valence-corrected chi connectivity index (χ4v) is 2.51. The van der Waals surface area contributed by atoms with Gasteiger partial charge in [-0.2, -0.15) is 0 Å². The van der Waals surface area contributed by atoms with Gasteiger partial charge in [0.05, 0.1) is 12.1 Å². The van der Waals surface area contributed by atoms with E-state index >= 15 is 0 Å². The van der Waals surface area contributed by atoms with Crippen LogP contribution in [-0.4, -0.2) is 12.9 Å². The molecular weight excluding hydrogens is 270 g/mol. The van der Waals surface area contributed by atoms with E-state index in [9.17, 15) is 4.79 Å². The average molecular weight is 282 g/mol. The van der Waals surface area contributed by atoms with Crippen molar-refractivity contribution >= 4 is 28.7 Å². The van der Waals surface area contributed by atoms with E-state index in [1.54, 1.807) is 18.2 Å². The number of nitrogens with two attached hydrogens (primary N) is 1. The van der Waals surface area contributed by atoms with Crippen LogP contribution < -0.4 is 10.5 Å². The summed E-state index contributed by atoms with van der Waals surface area (Å²) in [7, 11) is 1.51. The van der Waals surface area contributed by atoms with Gasteiger partial charge in [0.1, 0.15) is 11.8 Å². The molecule has 0 saturated heterocycles. The van der Waals surface area contributed by atoms with E-state index in [0.29, 0.717) is 16.3 Å². The van der Waals surface area contributed by atoms with E-state index in [0.717, 1.165) is 4.88 Å². The number of halogens is 1. The van der Waals surface area contributed by atoms with Crippen molar-refractivity contribution in [1.82, 2.24) is 0 Å². The van der Waals surface area contributed by atoms with Crippen LogP contribution in [0.3, 0.4) is 0 Å². The lowest BCUT2D eigenvalue weighted by Gasteiger charge is -2.10. The highest BCUT2D eigenvalue weighted by atomic mass is 35.5. The number of thiophene rings is 1. The predicted molar refractivity (Wildman–Crippen MR) is 73.6 cm³/mol. The van der Waals surface area contributed by atoms with E-state index in [4.69, 9.17) is 22.1 Å². The van der Waals surface area contributed by atoms with Crippen molar-refractivity contribution in [3.8, 4) is 5.75 Å². The van der Waals surface area contributed by atoms with Gasteiger partial charge >= 0.3 is 0 Å². The van der Waals surface area contributed by atoms with E-state index in [1.807, 2.05) is 17.5 Å². The predicted octanol–water partition coefficient (Wildman–Crippen LogP) is 3.29. The number of carbonyl (C=O) groups excluding carboxylic acids is 1. The van der Waals surface area contributed by atoms with Crippen LogP contribution in [0.5, 0.6) is 5.75 Å². The normalized spacial score (nSPS) is 12.2. The lowest BCUT2D eigenvalue weighted by molar-refractivity contribution is 0.0962.